The zero-order chi connectivity index (χ0) is 14.9. The lowest BCUT2D eigenvalue weighted by Crippen LogP contribution is -2.40. The van der Waals surface area contributed by atoms with Gasteiger partial charge >= 0.3 is 12.1 Å². The Hall–Kier alpha value is -2.05. The Kier molecular flexibility index (Phi) is 3.69. The molecule has 108 valence electrons. The van der Waals surface area contributed by atoms with Gasteiger partial charge in [0.25, 0.3) is 0 Å². The summed E-state index contributed by atoms with van der Waals surface area (Å²) < 4.78 is 61.1. The summed E-state index contributed by atoms with van der Waals surface area (Å²) in [5.74, 6) is -2.09. The zero-order valence-corrected chi connectivity index (χ0v) is 10.3. The normalized spacial score (nSPS) is 17.9. The zero-order valence-electron chi connectivity index (χ0n) is 10.3. The van der Waals surface area contributed by atoms with Gasteiger partial charge in [0.05, 0.1) is 12.2 Å². The molecule has 1 aromatic carbocycles. The van der Waals surface area contributed by atoms with Crippen LogP contribution in [-0.4, -0.2) is 24.9 Å². The molecule has 0 aliphatic carbocycles. The smallest absolute Gasteiger partial charge is 0.430 e. The Balaban J connectivity index is 2.47. The van der Waals surface area contributed by atoms with E-state index >= 15 is 0 Å². The highest BCUT2D eigenvalue weighted by Gasteiger charge is 2.48. The van der Waals surface area contributed by atoms with Crippen molar-refractivity contribution in [2.45, 2.75) is 19.2 Å². The summed E-state index contributed by atoms with van der Waals surface area (Å²) in [7, 11) is 0. The van der Waals surface area contributed by atoms with Gasteiger partial charge in [-0.1, -0.05) is 0 Å². The van der Waals surface area contributed by atoms with Crippen LogP contribution in [0.4, 0.5) is 17.6 Å². The highest BCUT2D eigenvalue weighted by atomic mass is 19.4. The molecule has 0 saturated heterocycles. The molecule has 0 radical (unpaired) electrons. The molecule has 1 atom stereocenters. The first-order valence-electron chi connectivity index (χ1n) is 5.74. The van der Waals surface area contributed by atoms with Crippen molar-refractivity contribution < 1.29 is 31.8 Å². The van der Waals surface area contributed by atoms with Crippen molar-refractivity contribution in [1.29, 1.82) is 0 Å². The van der Waals surface area contributed by atoms with Crippen LogP contribution in [0.25, 0.3) is 6.08 Å². The van der Waals surface area contributed by atoms with Crippen LogP contribution in [0.15, 0.2) is 23.8 Å². The number of ether oxygens (including phenoxy) is 2. The second-order valence-corrected chi connectivity index (χ2v) is 4.04. The van der Waals surface area contributed by atoms with E-state index in [9.17, 15) is 22.4 Å². The molecule has 0 fully saturated rings. The molecule has 1 heterocycles. The van der Waals surface area contributed by atoms with E-state index in [2.05, 4.69) is 4.74 Å². The average molecular weight is 290 g/mol. The van der Waals surface area contributed by atoms with Crippen molar-refractivity contribution in [1.82, 2.24) is 0 Å². The predicted octanol–water partition coefficient (Wildman–Crippen LogP) is 3.10. The summed E-state index contributed by atoms with van der Waals surface area (Å²) in [5, 5.41) is 0. The number of carbonyl (C=O) groups excluding carboxylic acids is 1. The Labute approximate surface area is 111 Å². The van der Waals surface area contributed by atoms with Crippen LogP contribution in [0.2, 0.25) is 0 Å². The van der Waals surface area contributed by atoms with Gasteiger partial charge in [-0.25, -0.2) is 9.18 Å². The summed E-state index contributed by atoms with van der Waals surface area (Å²) in [5.41, 5.74) is -0.464. The van der Waals surface area contributed by atoms with E-state index in [1.807, 2.05) is 0 Å². The van der Waals surface area contributed by atoms with E-state index in [4.69, 9.17) is 4.74 Å². The monoisotopic (exact) mass is 290 g/mol. The number of fused-ring (bicyclic) bond motifs is 1. The number of esters is 1. The van der Waals surface area contributed by atoms with Gasteiger partial charge in [-0.3, -0.25) is 0 Å². The largest absolute Gasteiger partial charge is 0.475 e. The van der Waals surface area contributed by atoms with Crippen LogP contribution in [0, 0.1) is 5.82 Å². The van der Waals surface area contributed by atoms with E-state index in [1.54, 1.807) is 0 Å². The van der Waals surface area contributed by atoms with Gasteiger partial charge < -0.3 is 9.47 Å². The summed E-state index contributed by atoms with van der Waals surface area (Å²) in [6.45, 7) is 1.42. The maximum absolute atomic E-state index is 13.0. The highest BCUT2D eigenvalue weighted by molar-refractivity contribution is 5.96. The van der Waals surface area contributed by atoms with Crippen LogP contribution >= 0.6 is 0 Å². The second-order valence-electron chi connectivity index (χ2n) is 4.04. The first-order valence-corrected chi connectivity index (χ1v) is 5.74. The van der Waals surface area contributed by atoms with Crippen molar-refractivity contribution in [2.24, 2.45) is 0 Å². The number of benzene rings is 1. The average Bonchev–Trinajstić information content (AvgIpc) is 2.36. The van der Waals surface area contributed by atoms with Crippen LogP contribution in [-0.2, 0) is 9.53 Å². The van der Waals surface area contributed by atoms with Crippen molar-refractivity contribution in [3.63, 3.8) is 0 Å². The molecular weight excluding hydrogens is 280 g/mol. The molecular formula is C13H10F4O3. The standard InChI is InChI=1S/C13H10F4O3/c1-2-19-12(18)9-5-7-3-4-8(14)6-10(7)20-11(9)13(15,16)17/h3-6,11H,2H2,1H3. The van der Waals surface area contributed by atoms with Crippen LogP contribution in [0.5, 0.6) is 5.75 Å². The Morgan fingerprint density at radius 2 is 2.10 bits per heavy atom. The van der Waals surface area contributed by atoms with Crippen molar-refractivity contribution in [3.8, 4) is 5.75 Å². The number of rotatable bonds is 2. The van der Waals surface area contributed by atoms with Crippen molar-refractivity contribution in [3.05, 3.63) is 35.2 Å². The maximum atomic E-state index is 13.0. The third-order valence-corrected chi connectivity index (χ3v) is 2.62. The molecule has 1 unspecified atom stereocenters. The van der Waals surface area contributed by atoms with Gasteiger partial charge in [0, 0.05) is 11.6 Å². The summed E-state index contributed by atoms with van der Waals surface area (Å²) in [6.07, 6.45) is -6.26. The lowest BCUT2D eigenvalue weighted by Gasteiger charge is -2.27. The van der Waals surface area contributed by atoms with E-state index in [0.29, 0.717) is 0 Å². The molecule has 7 heteroatoms. The van der Waals surface area contributed by atoms with Crippen LogP contribution < -0.4 is 4.74 Å². The summed E-state index contributed by atoms with van der Waals surface area (Å²) >= 11 is 0. The van der Waals surface area contributed by atoms with Crippen molar-refractivity contribution in [2.75, 3.05) is 6.61 Å². The van der Waals surface area contributed by atoms with Crippen molar-refractivity contribution >= 4 is 12.0 Å². The van der Waals surface area contributed by atoms with Crippen LogP contribution in [0.3, 0.4) is 0 Å². The molecule has 0 bridgehead atoms. The summed E-state index contributed by atoms with van der Waals surface area (Å²) in [6, 6.07) is 3.14. The van der Waals surface area contributed by atoms with E-state index in [-0.39, 0.29) is 17.9 Å². The number of alkyl halides is 3. The van der Waals surface area contributed by atoms with E-state index in [0.717, 1.165) is 18.2 Å². The lowest BCUT2D eigenvalue weighted by atomic mass is 10.0. The van der Waals surface area contributed by atoms with E-state index in [1.165, 1.54) is 13.0 Å². The van der Waals surface area contributed by atoms with Crippen LogP contribution in [0.1, 0.15) is 12.5 Å². The van der Waals surface area contributed by atoms with Gasteiger partial charge in [-0.2, -0.15) is 13.2 Å². The minimum absolute atomic E-state index is 0.0585. The fourth-order valence-electron chi connectivity index (χ4n) is 1.79. The summed E-state index contributed by atoms with van der Waals surface area (Å²) in [4.78, 5) is 11.6. The molecule has 0 amide bonds. The molecule has 20 heavy (non-hydrogen) atoms. The first kappa shape index (κ1) is 14.4. The third kappa shape index (κ3) is 2.76. The number of carbonyl (C=O) groups is 1. The Morgan fingerprint density at radius 1 is 1.40 bits per heavy atom. The lowest BCUT2D eigenvalue weighted by molar-refractivity contribution is -0.187. The molecule has 0 saturated carbocycles. The quantitative estimate of drug-likeness (QED) is 0.620. The number of hydrogen-bond acceptors (Lipinski definition) is 3. The molecule has 3 nitrogen and oxygen atoms in total. The molecule has 2 rings (SSSR count). The van der Waals surface area contributed by atoms with Gasteiger partial charge in [0.1, 0.15) is 11.6 Å². The Bertz CT molecular complexity index is 563. The van der Waals surface area contributed by atoms with Gasteiger partial charge in [-0.15, -0.1) is 0 Å². The minimum Gasteiger partial charge on any atom is -0.475 e. The predicted molar refractivity (Wildman–Crippen MR) is 61.5 cm³/mol. The molecule has 1 aliphatic rings. The maximum Gasteiger partial charge on any atom is 0.430 e. The second kappa shape index (κ2) is 5.15. The molecule has 0 spiro atoms. The minimum atomic E-state index is -4.80. The molecule has 0 N–H and O–H groups in total. The highest BCUT2D eigenvalue weighted by Crippen LogP contribution is 2.37. The number of hydrogen-bond donors (Lipinski definition) is 0. The fourth-order valence-corrected chi connectivity index (χ4v) is 1.79. The SMILES string of the molecule is CCOC(=O)C1=Cc2ccc(F)cc2OC1C(F)(F)F. The molecule has 1 aromatic rings. The topological polar surface area (TPSA) is 35.5 Å². The van der Waals surface area contributed by atoms with Gasteiger partial charge in [0.15, 0.2) is 0 Å². The van der Waals surface area contributed by atoms with Gasteiger partial charge in [-0.05, 0) is 25.1 Å². The Morgan fingerprint density at radius 3 is 2.70 bits per heavy atom. The first-order chi connectivity index (χ1) is 9.32. The van der Waals surface area contributed by atoms with E-state index < -0.39 is 29.6 Å². The number of halogens is 4. The molecule has 1 aliphatic heterocycles. The molecule has 0 aromatic heterocycles. The third-order valence-electron chi connectivity index (χ3n) is 2.62. The van der Waals surface area contributed by atoms with Gasteiger partial charge in [0.2, 0.25) is 6.10 Å². The fraction of sp³-hybridized carbons (Fsp3) is 0.308.